The van der Waals surface area contributed by atoms with Gasteiger partial charge in [0.1, 0.15) is 11.4 Å². The Kier molecular flexibility index (Phi) is 6.78. The van der Waals surface area contributed by atoms with Gasteiger partial charge in [-0.05, 0) is 62.0 Å². The summed E-state index contributed by atoms with van der Waals surface area (Å²) in [5, 5.41) is 10.7. The highest BCUT2D eigenvalue weighted by atomic mass is 32.1. The van der Waals surface area contributed by atoms with Crippen LogP contribution in [-0.4, -0.2) is 46.1 Å². The standard InChI is InChI=1S/C23H24F3N3O2S/c1-4-28(5-2)18-10-9-16(20(30)13-18)12-19-21(31)29(22(32)27(19)3)14-15-7-6-8-17(11-15)23(24,25)26/h6-13,30H,4-5,14H2,1-3H3/b19-12+. The molecule has 1 saturated heterocycles. The van der Waals surface area contributed by atoms with E-state index in [4.69, 9.17) is 12.2 Å². The molecular formula is C23H24F3N3O2S. The van der Waals surface area contributed by atoms with Gasteiger partial charge in [0.15, 0.2) is 5.11 Å². The van der Waals surface area contributed by atoms with Crippen molar-refractivity contribution >= 4 is 35.0 Å². The second-order valence-electron chi connectivity index (χ2n) is 7.38. The second kappa shape index (κ2) is 9.20. The molecule has 1 heterocycles. The predicted octanol–water partition coefficient (Wildman–Crippen LogP) is 4.86. The molecule has 9 heteroatoms. The van der Waals surface area contributed by atoms with Crippen molar-refractivity contribution in [2.45, 2.75) is 26.6 Å². The lowest BCUT2D eigenvalue weighted by Gasteiger charge is -2.21. The number of amides is 1. The maximum atomic E-state index is 13.0. The van der Waals surface area contributed by atoms with Crippen molar-refractivity contribution < 1.29 is 23.1 Å². The highest BCUT2D eigenvalue weighted by Crippen LogP contribution is 2.32. The van der Waals surface area contributed by atoms with Crippen LogP contribution in [0.15, 0.2) is 48.2 Å². The van der Waals surface area contributed by atoms with Crippen molar-refractivity contribution in [2.75, 3.05) is 25.0 Å². The van der Waals surface area contributed by atoms with Crippen molar-refractivity contribution in [1.29, 1.82) is 0 Å². The third-order valence-corrected chi connectivity index (χ3v) is 5.87. The minimum Gasteiger partial charge on any atom is -0.507 e. The molecule has 0 saturated carbocycles. The molecule has 0 unspecified atom stereocenters. The zero-order valence-electron chi connectivity index (χ0n) is 18.0. The lowest BCUT2D eigenvalue weighted by Crippen LogP contribution is -2.30. The molecule has 1 aliphatic heterocycles. The van der Waals surface area contributed by atoms with Crippen molar-refractivity contribution in [2.24, 2.45) is 0 Å². The quantitative estimate of drug-likeness (QED) is 0.490. The number of phenolic OH excluding ortho intramolecular Hbond substituents is 1. The molecule has 0 bridgehead atoms. The van der Waals surface area contributed by atoms with E-state index >= 15 is 0 Å². The van der Waals surface area contributed by atoms with Crippen LogP contribution in [0.25, 0.3) is 6.08 Å². The normalized spacial score (nSPS) is 15.8. The first-order valence-electron chi connectivity index (χ1n) is 10.1. The number of phenols is 1. The average molecular weight is 464 g/mol. The minimum absolute atomic E-state index is 0.0188. The average Bonchev–Trinajstić information content (AvgIpc) is 2.94. The van der Waals surface area contributed by atoms with Crippen LogP contribution < -0.4 is 4.90 Å². The van der Waals surface area contributed by atoms with Crippen LogP contribution in [0.2, 0.25) is 0 Å². The van der Waals surface area contributed by atoms with Crippen LogP contribution in [0.3, 0.4) is 0 Å². The zero-order chi connectivity index (χ0) is 23.6. The number of alkyl halides is 3. The molecule has 1 amide bonds. The van der Waals surface area contributed by atoms with Crippen LogP contribution in [0.1, 0.15) is 30.5 Å². The topological polar surface area (TPSA) is 47.0 Å². The summed E-state index contributed by atoms with van der Waals surface area (Å²) >= 11 is 5.36. The molecule has 1 fully saturated rings. The van der Waals surface area contributed by atoms with Crippen LogP contribution in [0, 0.1) is 0 Å². The molecule has 170 valence electrons. The number of halogens is 3. The number of rotatable bonds is 6. The van der Waals surface area contributed by atoms with E-state index < -0.39 is 17.6 Å². The Balaban J connectivity index is 1.87. The monoisotopic (exact) mass is 463 g/mol. The molecular weight excluding hydrogens is 439 g/mol. The Morgan fingerprint density at radius 1 is 1.12 bits per heavy atom. The molecule has 2 aromatic rings. The van der Waals surface area contributed by atoms with Crippen LogP contribution >= 0.6 is 12.2 Å². The first kappa shape index (κ1) is 23.6. The number of nitrogens with zero attached hydrogens (tertiary/aromatic N) is 3. The van der Waals surface area contributed by atoms with Gasteiger partial charge in [-0.3, -0.25) is 9.69 Å². The number of likely N-dealkylation sites (N-methyl/N-ethyl adjacent to an activating group) is 1. The van der Waals surface area contributed by atoms with Crippen LogP contribution in [0.4, 0.5) is 18.9 Å². The minimum atomic E-state index is -4.47. The molecule has 0 atom stereocenters. The van der Waals surface area contributed by atoms with Gasteiger partial charge in [0.05, 0.1) is 12.1 Å². The molecule has 3 rings (SSSR count). The van der Waals surface area contributed by atoms with Gasteiger partial charge in [0, 0.05) is 37.5 Å². The molecule has 32 heavy (non-hydrogen) atoms. The SMILES string of the molecule is CCN(CC)c1ccc(/C=C2\C(=O)N(Cc3cccc(C(F)(F)F)c3)C(=S)N2C)c(O)c1. The predicted molar refractivity (Wildman–Crippen MR) is 122 cm³/mol. The summed E-state index contributed by atoms with van der Waals surface area (Å²) in [7, 11) is 1.61. The lowest BCUT2D eigenvalue weighted by atomic mass is 10.1. The maximum Gasteiger partial charge on any atom is 0.416 e. The van der Waals surface area contributed by atoms with Gasteiger partial charge in [-0.2, -0.15) is 13.2 Å². The Bertz CT molecular complexity index is 1060. The zero-order valence-corrected chi connectivity index (χ0v) is 18.8. The smallest absolute Gasteiger partial charge is 0.416 e. The van der Waals surface area contributed by atoms with Crippen LogP contribution in [0.5, 0.6) is 5.75 Å². The van der Waals surface area contributed by atoms with E-state index in [1.807, 2.05) is 19.9 Å². The first-order chi connectivity index (χ1) is 15.1. The molecule has 5 nitrogen and oxygen atoms in total. The number of hydrogen-bond acceptors (Lipinski definition) is 4. The number of benzene rings is 2. The third kappa shape index (κ3) is 4.72. The molecule has 0 spiro atoms. The van der Waals surface area contributed by atoms with Gasteiger partial charge in [-0.1, -0.05) is 12.1 Å². The Morgan fingerprint density at radius 3 is 2.41 bits per heavy atom. The van der Waals surface area contributed by atoms with Gasteiger partial charge in [-0.15, -0.1) is 0 Å². The van der Waals surface area contributed by atoms with E-state index in [9.17, 15) is 23.1 Å². The molecule has 1 aliphatic rings. The third-order valence-electron chi connectivity index (χ3n) is 5.37. The van der Waals surface area contributed by atoms with Gasteiger partial charge in [0.25, 0.3) is 5.91 Å². The summed E-state index contributed by atoms with van der Waals surface area (Å²) in [6.07, 6.45) is -2.94. The van der Waals surface area contributed by atoms with E-state index in [1.54, 1.807) is 19.2 Å². The number of carbonyl (C=O) groups is 1. The van der Waals surface area contributed by atoms with Crippen molar-refractivity contribution in [3.63, 3.8) is 0 Å². The Morgan fingerprint density at radius 2 is 1.81 bits per heavy atom. The van der Waals surface area contributed by atoms with E-state index in [2.05, 4.69) is 4.90 Å². The molecule has 0 aromatic heterocycles. The van der Waals surface area contributed by atoms with E-state index in [1.165, 1.54) is 28.0 Å². The lowest BCUT2D eigenvalue weighted by molar-refractivity contribution is -0.137. The molecule has 0 aliphatic carbocycles. The highest BCUT2D eigenvalue weighted by Gasteiger charge is 2.36. The van der Waals surface area contributed by atoms with Crippen molar-refractivity contribution in [3.8, 4) is 5.75 Å². The second-order valence-corrected chi connectivity index (χ2v) is 7.74. The van der Waals surface area contributed by atoms with E-state index in [-0.39, 0.29) is 23.1 Å². The number of hydrogen-bond donors (Lipinski definition) is 1. The fourth-order valence-electron chi connectivity index (χ4n) is 3.57. The molecule has 0 radical (unpaired) electrons. The van der Waals surface area contributed by atoms with Gasteiger partial charge in [-0.25, -0.2) is 0 Å². The van der Waals surface area contributed by atoms with Crippen molar-refractivity contribution in [1.82, 2.24) is 9.80 Å². The molecule has 2 aromatic carbocycles. The number of aromatic hydroxyl groups is 1. The Hall–Kier alpha value is -3.07. The summed E-state index contributed by atoms with van der Waals surface area (Å²) in [5.74, 6) is -0.424. The number of carbonyl (C=O) groups excluding carboxylic acids is 1. The fourth-order valence-corrected chi connectivity index (χ4v) is 3.81. The van der Waals surface area contributed by atoms with Crippen LogP contribution in [-0.2, 0) is 17.5 Å². The van der Waals surface area contributed by atoms with E-state index in [0.717, 1.165) is 30.9 Å². The Labute approximate surface area is 190 Å². The van der Waals surface area contributed by atoms with Gasteiger partial charge >= 0.3 is 6.18 Å². The maximum absolute atomic E-state index is 13.0. The van der Waals surface area contributed by atoms with E-state index in [0.29, 0.717) is 11.1 Å². The highest BCUT2D eigenvalue weighted by molar-refractivity contribution is 7.80. The summed E-state index contributed by atoms with van der Waals surface area (Å²) in [6.45, 7) is 5.52. The fraction of sp³-hybridized carbons (Fsp3) is 0.304. The number of thiocarbonyl (C=S) groups is 1. The summed E-state index contributed by atoms with van der Waals surface area (Å²) in [4.78, 5) is 17.8. The summed E-state index contributed by atoms with van der Waals surface area (Å²) in [6, 6.07) is 10.0. The van der Waals surface area contributed by atoms with Gasteiger partial charge in [0.2, 0.25) is 0 Å². The molecule has 1 N–H and O–H groups in total. The van der Waals surface area contributed by atoms with Crippen molar-refractivity contribution in [3.05, 3.63) is 64.9 Å². The summed E-state index contributed by atoms with van der Waals surface area (Å²) in [5.41, 5.74) is 1.07. The summed E-state index contributed by atoms with van der Waals surface area (Å²) < 4.78 is 39.0. The largest absolute Gasteiger partial charge is 0.507 e. The van der Waals surface area contributed by atoms with Gasteiger partial charge < -0.3 is 14.9 Å². The number of anilines is 1. The first-order valence-corrected chi connectivity index (χ1v) is 10.5.